The van der Waals surface area contributed by atoms with Crippen LogP contribution in [0.4, 0.5) is 18.9 Å². The summed E-state index contributed by atoms with van der Waals surface area (Å²) in [6, 6.07) is 7.87. The maximum Gasteiger partial charge on any atom is 0.416 e. The maximum absolute atomic E-state index is 12.6. The zero-order valence-electron chi connectivity index (χ0n) is 11.3. The van der Waals surface area contributed by atoms with E-state index in [1.165, 1.54) is 17.0 Å². The predicted octanol–water partition coefficient (Wildman–Crippen LogP) is 3.87. The zero-order chi connectivity index (χ0) is 16.2. The van der Waals surface area contributed by atoms with Gasteiger partial charge in [0.1, 0.15) is 5.88 Å². The minimum Gasteiger partial charge on any atom is -0.307 e. The first kappa shape index (κ1) is 16.3. The number of amides is 1. The zero-order valence-corrected chi connectivity index (χ0v) is 12.1. The van der Waals surface area contributed by atoms with Crippen LogP contribution in [0.25, 0.3) is 0 Å². The molecule has 1 aromatic carbocycles. The normalized spacial score (nSPS) is 11.3. The highest BCUT2D eigenvalue weighted by atomic mass is 35.5. The van der Waals surface area contributed by atoms with Gasteiger partial charge in [-0.25, -0.2) is 0 Å². The molecule has 0 saturated heterocycles. The average Bonchev–Trinajstić information content (AvgIpc) is 2.52. The second-order valence-electron chi connectivity index (χ2n) is 4.52. The quantitative estimate of drug-likeness (QED) is 0.798. The van der Waals surface area contributed by atoms with Crippen molar-refractivity contribution in [2.75, 3.05) is 10.8 Å². The van der Waals surface area contributed by atoms with Gasteiger partial charge in [0.25, 0.3) is 0 Å². The molecule has 0 spiro atoms. The van der Waals surface area contributed by atoms with Crippen LogP contribution in [0, 0.1) is 0 Å². The van der Waals surface area contributed by atoms with Crippen molar-refractivity contribution < 1.29 is 18.0 Å². The second-order valence-corrected chi connectivity index (χ2v) is 4.79. The molecule has 0 bridgehead atoms. The Morgan fingerprint density at radius 1 is 1.18 bits per heavy atom. The van der Waals surface area contributed by atoms with E-state index in [-0.39, 0.29) is 12.4 Å². The molecule has 1 heterocycles. The molecular formula is C15H12ClF3N2O. The fourth-order valence-corrected chi connectivity index (χ4v) is 2.04. The van der Waals surface area contributed by atoms with Crippen LogP contribution in [0.2, 0.25) is 0 Å². The summed E-state index contributed by atoms with van der Waals surface area (Å²) in [5.74, 6) is -0.661. The number of carbonyl (C=O) groups excluding carboxylic acids is 1. The van der Waals surface area contributed by atoms with Gasteiger partial charge in [0.2, 0.25) is 5.91 Å². The number of anilines is 1. The van der Waals surface area contributed by atoms with Crippen LogP contribution >= 0.6 is 11.6 Å². The minimum absolute atomic E-state index is 0.185. The van der Waals surface area contributed by atoms with E-state index in [2.05, 4.69) is 4.98 Å². The first-order valence-corrected chi connectivity index (χ1v) is 6.88. The Morgan fingerprint density at radius 2 is 1.86 bits per heavy atom. The van der Waals surface area contributed by atoms with Gasteiger partial charge in [-0.2, -0.15) is 13.2 Å². The number of pyridine rings is 1. The lowest BCUT2D eigenvalue weighted by Gasteiger charge is -2.22. The van der Waals surface area contributed by atoms with E-state index in [1.54, 1.807) is 24.5 Å². The summed E-state index contributed by atoms with van der Waals surface area (Å²) in [7, 11) is 0. The van der Waals surface area contributed by atoms with Gasteiger partial charge in [-0.3, -0.25) is 9.78 Å². The van der Waals surface area contributed by atoms with Gasteiger partial charge in [0.05, 0.1) is 12.1 Å². The van der Waals surface area contributed by atoms with Gasteiger partial charge in [-0.05, 0) is 35.9 Å². The number of halogens is 4. The van der Waals surface area contributed by atoms with Gasteiger partial charge >= 0.3 is 6.18 Å². The largest absolute Gasteiger partial charge is 0.416 e. The summed E-state index contributed by atoms with van der Waals surface area (Å²) in [6.45, 7) is 0.185. The monoisotopic (exact) mass is 328 g/mol. The van der Waals surface area contributed by atoms with Crippen LogP contribution in [0.5, 0.6) is 0 Å². The Kier molecular flexibility index (Phi) is 5.03. The SMILES string of the molecule is O=C(CCl)N(Cc1cccnc1)c1ccc(C(F)(F)F)cc1. The summed E-state index contributed by atoms with van der Waals surface area (Å²) < 4.78 is 37.7. The van der Waals surface area contributed by atoms with Gasteiger partial charge < -0.3 is 4.90 Å². The molecule has 7 heteroatoms. The number of hydrogen-bond donors (Lipinski definition) is 0. The predicted molar refractivity (Wildman–Crippen MR) is 77.6 cm³/mol. The van der Waals surface area contributed by atoms with Crippen molar-refractivity contribution in [3.8, 4) is 0 Å². The van der Waals surface area contributed by atoms with E-state index in [9.17, 15) is 18.0 Å². The van der Waals surface area contributed by atoms with Crippen molar-refractivity contribution >= 4 is 23.2 Å². The molecule has 0 radical (unpaired) electrons. The maximum atomic E-state index is 12.6. The van der Waals surface area contributed by atoms with Gasteiger partial charge in [0, 0.05) is 18.1 Å². The van der Waals surface area contributed by atoms with Crippen LogP contribution in [0.15, 0.2) is 48.8 Å². The average molecular weight is 329 g/mol. The van der Waals surface area contributed by atoms with Gasteiger partial charge in [-0.1, -0.05) is 6.07 Å². The van der Waals surface area contributed by atoms with E-state index >= 15 is 0 Å². The summed E-state index contributed by atoms with van der Waals surface area (Å²) >= 11 is 5.58. The topological polar surface area (TPSA) is 33.2 Å². The van der Waals surface area contributed by atoms with Crippen LogP contribution in [0.3, 0.4) is 0 Å². The number of nitrogens with zero attached hydrogens (tertiary/aromatic N) is 2. The fourth-order valence-electron chi connectivity index (χ4n) is 1.90. The van der Waals surface area contributed by atoms with Gasteiger partial charge in [0.15, 0.2) is 0 Å². The number of alkyl halides is 4. The molecule has 0 aliphatic heterocycles. The first-order valence-electron chi connectivity index (χ1n) is 6.34. The lowest BCUT2D eigenvalue weighted by Crippen LogP contribution is -2.31. The highest BCUT2D eigenvalue weighted by Crippen LogP contribution is 2.30. The van der Waals surface area contributed by atoms with Crippen molar-refractivity contribution in [2.24, 2.45) is 0 Å². The third kappa shape index (κ3) is 3.98. The second kappa shape index (κ2) is 6.79. The van der Waals surface area contributed by atoms with Gasteiger partial charge in [-0.15, -0.1) is 11.6 Å². The number of rotatable bonds is 4. The molecule has 0 atom stereocenters. The number of hydrogen-bond acceptors (Lipinski definition) is 2. The summed E-state index contributed by atoms with van der Waals surface area (Å²) in [4.78, 5) is 17.2. The Bertz CT molecular complexity index is 629. The van der Waals surface area contributed by atoms with E-state index in [0.717, 1.165) is 17.7 Å². The summed E-state index contributed by atoms with van der Waals surface area (Å²) in [5.41, 5.74) is 0.333. The smallest absolute Gasteiger partial charge is 0.307 e. The van der Waals surface area contributed by atoms with Crippen molar-refractivity contribution in [1.29, 1.82) is 0 Å². The molecule has 1 aromatic heterocycles. The molecular weight excluding hydrogens is 317 g/mol. The van der Waals surface area contributed by atoms with E-state index in [1.807, 2.05) is 0 Å². The number of carbonyl (C=O) groups is 1. The van der Waals surface area contributed by atoms with Crippen LogP contribution in [-0.2, 0) is 17.5 Å². The third-order valence-electron chi connectivity index (χ3n) is 2.99. The summed E-state index contributed by atoms with van der Waals surface area (Å²) in [5, 5.41) is 0. The Morgan fingerprint density at radius 3 is 2.36 bits per heavy atom. The highest BCUT2D eigenvalue weighted by Gasteiger charge is 2.30. The molecule has 0 saturated carbocycles. The first-order chi connectivity index (χ1) is 10.4. The molecule has 0 fully saturated rings. The van der Waals surface area contributed by atoms with Crippen molar-refractivity contribution in [3.63, 3.8) is 0 Å². The standard InChI is InChI=1S/C15H12ClF3N2O/c16-8-14(22)21(10-11-2-1-7-20-9-11)13-5-3-12(4-6-13)15(17,18)19/h1-7,9H,8,10H2. The molecule has 0 unspecified atom stereocenters. The lowest BCUT2D eigenvalue weighted by atomic mass is 10.1. The lowest BCUT2D eigenvalue weighted by molar-refractivity contribution is -0.137. The third-order valence-corrected chi connectivity index (χ3v) is 3.21. The van der Waals surface area contributed by atoms with Crippen LogP contribution in [0.1, 0.15) is 11.1 Å². The number of aromatic nitrogens is 1. The van der Waals surface area contributed by atoms with Crippen LogP contribution < -0.4 is 4.90 Å². The highest BCUT2D eigenvalue weighted by molar-refractivity contribution is 6.29. The molecule has 1 amide bonds. The Labute approximate surface area is 130 Å². The molecule has 2 aromatic rings. The molecule has 0 aliphatic carbocycles. The van der Waals surface area contributed by atoms with E-state index in [4.69, 9.17) is 11.6 Å². The minimum atomic E-state index is -4.41. The Balaban J connectivity index is 2.28. The van der Waals surface area contributed by atoms with Crippen molar-refractivity contribution in [3.05, 3.63) is 59.9 Å². The van der Waals surface area contributed by atoms with Crippen molar-refractivity contribution in [2.45, 2.75) is 12.7 Å². The fraction of sp³-hybridized carbons (Fsp3) is 0.200. The molecule has 0 aliphatic rings. The molecule has 116 valence electrons. The van der Waals surface area contributed by atoms with E-state index < -0.39 is 17.6 Å². The number of benzene rings is 1. The molecule has 22 heavy (non-hydrogen) atoms. The Hall–Kier alpha value is -2.08. The molecule has 3 nitrogen and oxygen atoms in total. The molecule has 2 rings (SSSR count). The molecule has 0 N–H and O–H groups in total. The van der Waals surface area contributed by atoms with E-state index in [0.29, 0.717) is 5.69 Å². The van der Waals surface area contributed by atoms with Crippen molar-refractivity contribution in [1.82, 2.24) is 4.98 Å². The van der Waals surface area contributed by atoms with Crippen LogP contribution in [-0.4, -0.2) is 16.8 Å². The summed E-state index contributed by atoms with van der Waals surface area (Å²) in [6.07, 6.45) is -1.24.